The summed E-state index contributed by atoms with van der Waals surface area (Å²) < 4.78 is 53.3. The van der Waals surface area contributed by atoms with E-state index in [1.54, 1.807) is 13.8 Å². The first-order valence-corrected chi connectivity index (χ1v) is 21.7. The number of benzene rings is 4. The second-order valence-corrected chi connectivity index (χ2v) is 14.6. The molecule has 0 fully saturated rings. The van der Waals surface area contributed by atoms with E-state index in [1.165, 1.54) is 0 Å². The SMILES string of the molecule is C=C(C)C(=O)Oc1c(CCC)c(OCC)c(C2(c3c(OCC)c(CCC)c(OC(=O)C(=C)C)c(OCC)c3OCC)c3ccccc3-c3ccccc32)c(OCC)c1OCC. The Morgan fingerprint density at radius 3 is 1.08 bits per heavy atom. The molecule has 4 aromatic rings. The van der Waals surface area contributed by atoms with Gasteiger partial charge in [0.2, 0.25) is 11.5 Å². The minimum absolute atomic E-state index is 0.209. The number of fused-ring (bicyclic) bond motifs is 3. The van der Waals surface area contributed by atoms with Gasteiger partial charge in [-0.25, -0.2) is 9.59 Å². The van der Waals surface area contributed by atoms with E-state index in [-0.39, 0.29) is 73.8 Å². The van der Waals surface area contributed by atoms with Crippen LogP contribution in [-0.2, 0) is 27.8 Å². The van der Waals surface area contributed by atoms with Crippen molar-refractivity contribution in [1.29, 1.82) is 0 Å². The minimum atomic E-state index is -1.37. The van der Waals surface area contributed by atoms with Crippen LogP contribution >= 0.6 is 0 Å². The highest BCUT2D eigenvalue weighted by Gasteiger charge is 2.56. The summed E-state index contributed by atoms with van der Waals surface area (Å²) in [5.74, 6) is 1.28. The van der Waals surface area contributed by atoms with Crippen LogP contribution in [0.4, 0.5) is 0 Å². The van der Waals surface area contributed by atoms with Crippen LogP contribution in [0, 0.1) is 0 Å². The first-order valence-electron chi connectivity index (χ1n) is 21.7. The molecule has 0 saturated carbocycles. The Balaban J connectivity index is 2.28. The maximum absolute atomic E-state index is 13.6. The summed E-state index contributed by atoms with van der Waals surface area (Å²) in [6.07, 6.45) is 2.24. The molecule has 10 heteroatoms. The molecule has 0 aliphatic heterocycles. The molecule has 0 bridgehead atoms. The molecule has 61 heavy (non-hydrogen) atoms. The summed E-state index contributed by atoms with van der Waals surface area (Å²) in [5, 5.41) is 0. The number of hydrogen-bond acceptors (Lipinski definition) is 10. The standard InChI is InChI=1S/C51H62O10/c1-13-25-35-41(54-15-3)39(45(56-17-5)47(58-19-7)43(35)60-49(52)31(9)10)51(37-29-23-21-27-33(37)34-28-22-24-30-38(34)51)40-42(55-16-4)36(26-14-2)44(61-50(53)32(11)12)48(59-20-8)46(40)57-18-6/h21-24,27-30H,9,11,13-20,25-26H2,1-8,10,12H3. The molecular weight excluding hydrogens is 773 g/mol. The van der Waals surface area contributed by atoms with Crippen molar-refractivity contribution in [2.75, 3.05) is 39.6 Å². The number of carbonyl (C=O) groups is 2. The average Bonchev–Trinajstić information content (AvgIpc) is 3.53. The zero-order valence-corrected chi connectivity index (χ0v) is 37.7. The third kappa shape index (κ3) is 8.42. The largest absolute Gasteiger partial charge is 0.493 e. The summed E-state index contributed by atoms with van der Waals surface area (Å²) in [4.78, 5) is 27.1. The second kappa shape index (κ2) is 20.6. The van der Waals surface area contributed by atoms with Gasteiger partial charge >= 0.3 is 11.9 Å². The van der Waals surface area contributed by atoms with Gasteiger partial charge in [-0.2, -0.15) is 0 Å². The van der Waals surface area contributed by atoms with Crippen molar-refractivity contribution in [1.82, 2.24) is 0 Å². The maximum atomic E-state index is 13.6. The van der Waals surface area contributed by atoms with Gasteiger partial charge in [-0.3, -0.25) is 0 Å². The molecule has 326 valence electrons. The van der Waals surface area contributed by atoms with Crippen LogP contribution in [0.5, 0.6) is 46.0 Å². The van der Waals surface area contributed by atoms with Gasteiger partial charge in [-0.15, -0.1) is 0 Å². The lowest BCUT2D eigenvalue weighted by atomic mass is 9.65. The third-order valence-electron chi connectivity index (χ3n) is 10.4. The predicted molar refractivity (Wildman–Crippen MR) is 240 cm³/mol. The van der Waals surface area contributed by atoms with E-state index in [2.05, 4.69) is 51.3 Å². The fourth-order valence-electron chi connectivity index (χ4n) is 8.25. The summed E-state index contributed by atoms with van der Waals surface area (Å²) in [6, 6.07) is 16.5. The van der Waals surface area contributed by atoms with Crippen molar-refractivity contribution in [3.8, 4) is 57.1 Å². The van der Waals surface area contributed by atoms with Gasteiger partial charge in [0.15, 0.2) is 23.0 Å². The molecule has 0 aromatic heterocycles. The summed E-state index contributed by atoms with van der Waals surface area (Å²) >= 11 is 0. The molecule has 1 aliphatic carbocycles. The van der Waals surface area contributed by atoms with Crippen molar-refractivity contribution in [3.05, 3.63) is 106 Å². The Labute approximate surface area is 361 Å². The Bertz CT molecular complexity index is 2030. The van der Waals surface area contributed by atoms with E-state index in [9.17, 15) is 9.59 Å². The first kappa shape index (κ1) is 46.2. The van der Waals surface area contributed by atoms with Crippen LogP contribution in [0.25, 0.3) is 11.1 Å². The Hall–Kier alpha value is -5.90. The van der Waals surface area contributed by atoms with Crippen molar-refractivity contribution < 1.29 is 47.5 Å². The van der Waals surface area contributed by atoms with Gasteiger partial charge in [0.25, 0.3) is 0 Å². The van der Waals surface area contributed by atoms with E-state index in [0.717, 1.165) is 22.3 Å². The second-order valence-electron chi connectivity index (χ2n) is 14.6. The van der Waals surface area contributed by atoms with Gasteiger partial charge in [0, 0.05) is 22.3 Å². The van der Waals surface area contributed by atoms with Gasteiger partial charge in [-0.1, -0.05) is 88.4 Å². The Kier molecular flexibility index (Phi) is 15.6. The number of esters is 2. The first-order chi connectivity index (χ1) is 29.5. The van der Waals surface area contributed by atoms with E-state index in [0.29, 0.717) is 70.9 Å². The van der Waals surface area contributed by atoms with E-state index < -0.39 is 17.4 Å². The average molecular weight is 835 g/mol. The van der Waals surface area contributed by atoms with E-state index >= 15 is 0 Å². The van der Waals surface area contributed by atoms with E-state index in [4.69, 9.17) is 37.9 Å². The monoisotopic (exact) mass is 834 g/mol. The highest BCUT2D eigenvalue weighted by Crippen LogP contribution is 2.68. The van der Waals surface area contributed by atoms with Crippen molar-refractivity contribution in [2.45, 2.75) is 100 Å². The zero-order chi connectivity index (χ0) is 44.4. The Morgan fingerprint density at radius 2 is 0.770 bits per heavy atom. The van der Waals surface area contributed by atoms with Gasteiger partial charge in [0.1, 0.15) is 11.5 Å². The summed E-state index contributed by atoms with van der Waals surface area (Å²) in [6.45, 7) is 27.9. The minimum Gasteiger partial charge on any atom is -0.493 e. The third-order valence-corrected chi connectivity index (χ3v) is 10.4. The molecule has 0 N–H and O–H groups in total. The van der Waals surface area contributed by atoms with Crippen molar-refractivity contribution in [3.63, 3.8) is 0 Å². The predicted octanol–water partition coefficient (Wildman–Crippen LogP) is 11.3. The molecule has 4 aromatic carbocycles. The molecule has 5 rings (SSSR count). The number of rotatable bonds is 22. The lowest BCUT2D eigenvalue weighted by Gasteiger charge is -2.40. The molecule has 0 unspecified atom stereocenters. The number of carbonyl (C=O) groups excluding carboxylic acids is 2. The van der Waals surface area contributed by atoms with Crippen LogP contribution in [0.1, 0.15) is 115 Å². The van der Waals surface area contributed by atoms with Gasteiger partial charge in [0.05, 0.1) is 56.2 Å². The molecule has 0 heterocycles. The van der Waals surface area contributed by atoms with E-state index in [1.807, 2.05) is 65.8 Å². The highest BCUT2D eigenvalue weighted by atomic mass is 16.6. The van der Waals surface area contributed by atoms with Crippen molar-refractivity contribution >= 4 is 11.9 Å². The topological polar surface area (TPSA) is 108 Å². The lowest BCUT2D eigenvalue weighted by Crippen LogP contribution is -2.33. The number of hydrogen-bond donors (Lipinski definition) is 0. The van der Waals surface area contributed by atoms with Crippen molar-refractivity contribution in [2.24, 2.45) is 0 Å². The molecular formula is C51H62O10. The van der Waals surface area contributed by atoms with Crippen LogP contribution in [-0.4, -0.2) is 51.6 Å². The fraction of sp³-hybridized carbons (Fsp3) is 0.412. The van der Waals surface area contributed by atoms with Crippen LogP contribution < -0.4 is 37.9 Å². The summed E-state index contributed by atoms with van der Waals surface area (Å²) in [7, 11) is 0. The fourth-order valence-corrected chi connectivity index (χ4v) is 8.25. The smallest absolute Gasteiger partial charge is 0.338 e. The van der Waals surface area contributed by atoms with Crippen LogP contribution in [0.15, 0.2) is 72.8 Å². The summed E-state index contributed by atoms with van der Waals surface area (Å²) in [5.41, 5.74) is 5.25. The molecule has 10 nitrogen and oxygen atoms in total. The van der Waals surface area contributed by atoms with Gasteiger partial charge in [-0.05, 0) is 90.5 Å². The van der Waals surface area contributed by atoms with Crippen LogP contribution in [0.3, 0.4) is 0 Å². The number of ether oxygens (including phenoxy) is 8. The normalized spacial score (nSPS) is 12.2. The molecule has 0 spiro atoms. The maximum Gasteiger partial charge on any atom is 0.338 e. The van der Waals surface area contributed by atoms with Crippen LogP contribution in [0.2, 0.25) is 0 Å². The molecule has 0 radical (unpaired) electrons. The molecule has 0 amide bonds. The molecule has 1 aliphatic rings. The quantitative estimate of drug-likeness (QED) is 0.0380. The molecule has 0 atom stereocenters. The Morgan fingerprint density at radius 1 is 0.459 bits per heavy atom. The van der Waals surface area contributed by atoms with Gasteiger partial charge < -0.3 is 37.9 Å². The lowest BCUT2D eigenvalue weighted by molar-refractivity contribution is -0.131. The molecule has 0 saturated heterocycles. The zero-order valence-electron chi connectivity index (χ0n) is 37.7. The highest BCUT2D eigenvalue weighted by molar-refractivity contribution is 5.94.